The Morgan fingerprint density at radius 3 is 2.69 bits per heavy atom. The molecule has 0 radical (unpaired) electrons. The van der Waals surface area contributed by atoms with Crippen LogP contribution in [0.2, 0.25) is 0 Å². The van der Waals surface area contributed by atoms with Gasteiger partial charge in [-0.05, 0) is 13.3 Å². The molecule has 1 N–H and O–H groups in total. The molecular weight excluding hydrogens is 258 g/mol. The van der Waals surface area contributed by atoms with Crippen molar-refractivity contribution in [2.24, 2.45) is 0 Å². The molecule has 80 valence electrons. The van der Waals surface area contributed by atoms with Crippen molar-refractivity contribution in [2.45, 2.75) is 13.3 Å². The topological polar surface area (TPSA) is 55.4 Å². The standard InChI is InChI=1S/C7H16BrNO3S/c1-2-12-6-7-13(10,11)9-5-3-4-8/h9H,2-7H2,1H3. The lowest BCUT2D eigenvalue weighted by molar-refractivity contribution is 0.163. The number of alkyl halides is 1. The summed E-state index contributed by atoms with van der Waals surface area (Å²) in [5.41, 5.74) is 0. The molecule has 0 atom stereocenters. The predicted molar refractivity (Wildman–Crippen MR) is 56.7 cm³/mol. The molecule has 0 aliphatic carbocycles. The van der Waals surface area contributed by atoms with Crippen LogP contribution in [0.25, 0.3) is 0 Å². The number of hydrogen-bond donors (Lipinski definition) is 1. The highest BCUT2D eigenvalue weighted by atomic mass is 79.9. The van der Waals surface area contributed by atoms with Crippen molar-refractivity contribution in [3.05, 3.63) is 0 Å². The van der Waals surface area contributed by atoms with E-state index >= 15 is 0 Å². The van der Waals surface area contributed by atoms with Crippen LogP contribution in [-0.4, -0.2) is 39.3 Å². The zero-order chi connectivity index (χ0) is 10.2. The van der Waals surface area contributed by atoms with Crippen LogP contribution in [0, 0.1) is 0 Å². The van der Waals surface area contributed by atoms with E-state index in [1.165, 1.54) is 0 Å². The normalized spacial score (nSPS) is 11.8. The highest BCUT2D eigenvalue weighted by Gasteiger charge is 2.07. The number of hydrogen-bond acceptors (Lipinski definition) is 3. The average molecular weight is 274 g/mol. The molecule has 0 aromatic carbocycles. The minimum Gasteiger partial charge on any atom is -0.381 e. The van der Waals surface area contributed by atoms with E-state index in [1.54, 1.807) is 0 Å². The Labute approximate surface area is 88.2 Å². The Balaban J connectivity index is 3.55. The van der Waals surface area contributed by atoms with Gasteiger partial charge >= 0.3 is 0 Å². The fraction of sp³-hybridized carbons (Fsp3) is 1.00. The fourth-order valence-corrected chi connectivity index (χ4v) is 1.90. The summed E-state index contributed by atoms with van der Waals surface area (Å²) in [5, 5.41) is 0.807. The zero-order valence-corrected chi connectivity index (χ0v) is 10.2. The maximum Gasteiger partial charge on any atom is 0.213 e. The lowest BCUT2D eigenvalue weighted by Gasteiger charge is -2.05. The Hall–Kier alpha value is 0.350. The first-order valence-electron chi connectivity index (χ1n) is 4.23. The summed E-state index contributed by atoms with van der Waals surface area (Å²) < 4.78 is 29.8. The van der Waals surface area contributed by atoms with Crippen molar-refractivity contribution in [2.75, 3.05) is 30.8 Å². The highest BCUT2D eigenvalue weighted by Crippen LogP contribution is 1.89. The third-order valence-corrected chi connectivity index (χ3v) is 3.24. The first kappa shape index (κ1) is 13.4. The van der Waals surface area contributed by atoms with E-state index in [9.17, 15) is 8.42 Å². The molecule has 0 rings (SSSR count). The van der Waals surface area contributed by atoms with Gasteiger partial charge in [0.15, 0.2) is 0 Å². The summed E-state index contributed by atoms with van der Waals surface area (Å²) in [5.74, 6) is 0.0448. The van der Waals surface area contributed by atoms with Gasteiger partial charge in [0.25, 0.3) is 0 Å². The maximum atomic E-state index is 11.2. The molecule has 0 aliphatic heterocycles. The zero-order valence-electron chi connectivity index (χ0n) is 7.75. The molecule has 0 saturated carbocycles. The second-order valence-electron chi connectivity index (χ2n) is 2.45. The SMILES string of the molecule is CCOCCS(=O)(=O)NCCCBr. The minimum absolute atomic E-state index is 0.0448. The molecule has 0 amide bonds. The first-order chi connectivity index (χ1) is 6.12. The molecule has 4 nitrogen and oxygen atoms in total. The number of ether oxygens (including phenoxy) is 1. The van der Waals surface area contributed by atoms with E-state index in [0.717, 1.165) is 11.8 Å². The number of rotatable bonds is 8. The second-order valence-corrected chi connectivity index (χ2v) is 5.17. The maximum absolute atomic E-state index is 11.2. The molecule has 0 aromatic rings. The molecule has 0 aliphatic rings. The van der Waals surface area contributed by atoms with Crippen LogP contribution in [0.3, 0.4) is 0 Å². The third-order valence-electron chi connectivity index (χ3n) is 1.33. The quantitative estimate of drug-likeness (QED) is 0.524. The molecular formula is C7H16BrNO3S. The van der Waals surface area contributed by atoms with Crippen molar-refractivity contribution in [1.82, 2.24) is 4.72 Å². The molecule has 6 heteroatoms. The van der Waals surface area contributed by atoms with E-state index in [-0.39, 0.29) is 12.4 Å². The van der Waals surface area contributed by atoms with Gasteiger partial charge in [0.1, 0.15) is 0 Å². The van der Waals surface area contributed by atoms with Crippen molar-refractivity contribution in [3.8, 4) is 0 Å². The van der Waals surface area contributed by atoms with Crippen LogP contribution in [0.4, 0.5) is 0 Å². The van der Waals surface area contributed by atoms with Crippen LogP contribution in [0.1, 0.15) is 13.3 Å². The van der Waals surface area contributed by atoms with E-state index < -0.39 is 10.0 Å². The molecule has 13 heavy (non-hydrogen) atoms. The fourth-order valence-electron chi connectivity index (χ4n) is 0.680. The number of halogens is 1. The Morgan fingerprint density at radius 1 is 1.46 bits per heavy atom. The van der Waals surface area contributed by atoms with Gasteiger partial charge in [-0.15, -0.1) is 0 Å². The predicted octanol–water partition coefficient (Wildman–Crippen LogP) is 0.727. The van der Waals surface area contributed by atoms with Crippen LogP contribution in [-0.2, 0) is 14.8 Å². The van der Waals surface area contributed by atoms with Crippen molar-refractivity contribution in [3.63, 3.8) is 0 Å². The third kappa shape index (κ3) is 8.67. The number of nitrogens with one attached hydrogen (secondary N) is 1. The smallest absolute Gasteiger partial charge is 0.213 e. The molecule has 0 bridgehead atoms. The molecule has 0 unspecified atom stereocenters. The van der Waals surface area contributed by atoms with E-state index in [2.05, 4.69) is 20.7 Å². The van der Waals surface area contributed by atoms with E-state index in [0.29, 0.717) is 13.2 Å². The van der Waals surface area contributed by atoms with Gasteiger partial charge in [0, 0.05) is 18.5 Å². The summed E-state index contributed by atoms with van der Waals surface area (Å²) >= 11 is 3.22. The summed E-state index contributed by atoms with van der Waals surface area (Å²) in [6.45, 7) is 3.14. The summed E-state index contributed by atoms with van der Waals surface area (Å²) in [6, 6.07) is 0. The van der Waals surface area contributed by atoms with Crippen LogP contribution in [0.15, 0.2) is 0 Å². The van der Waals surface area contributed by atoms with Crippen LogP contribution in [0.5, 0.6) is 0 Å². The van der Waals surface area contributed by atoms with E-state index in [1.807, 2.05) is 6.92 Å². The second kappa shape index (κ2) is 7.73. The lowest BCUT2D eigenvalue weighted by Crippen LogP contribution is -2.29. The van der Waals surface area contributed by atoms with Gasteiger partial charge in [-0.25, -0.2) is 13.1 Å². The van der Waals surface area contributed by atoms with Crippen LogP contribution >= 0.6 is 15.9 Å². The Kier molecular flexibility index (Phi) is 7.93. The largest absolute Gasteiger partial charge is 0.381 e. The van der Waals surface area contributed by atoms with Gasteiger partial charge in [0.2, 0.25) is 10.0 Å². The van der Waals surface area contributed by atoms with Crippen LogP contribution < -0.4 is 4.72 Å². The minimum atomic E-state index is -3.12. The average Bonchev–Trinajstić information content (AvgIpc) is 2.05. The van der Waals surface area contributed by atoms with Gasteiger partial charge < -0.3 is 4.74 Å². The van der Waals surface area contributed by atoms with Crippen molar-refractivity contribution < 1.29 is 13.2 Å². The Morgan fingerprint density at radius 2 is 2.15 bits per heavy atom. The van der Waals surface area contributed by atoms with Gasteiger partial charge in [0.05, 0.1) is 12.4 Å². The molecule has 0 spiro atoms. The summed E-state index contributed by atoms with van der Waals surface area (Å²) in [7, 11) is -3.12. The van der Waals surface area contributed by atoms with E-state index in [4.69, 9.17) is 4.74 Å². The molecule has 0 saturated heterocycles. The molecule has 0 heterocycles. The van der Waals surface area contributed by atoms with Crippen molar-refractivity contribution in [1.29, 1.82) is 0 Å². The van der Waals surface area contributed by atoms with Gasteiger partial charge in [-0.1, -0.05) is 15.9 Å². The highest BCUT2D eigenvalue weighted by molar-refractivity contribution is 9.09. The summed E-state index contributed by atoms with van der Waals surface area (Å²) in [4.78, 5) is 0. The van der Waals surface area contributed by atoms with Gasteiger partial charge in [-0.2, -0.15) is 0 Å². The Bertz CT molecular complexity index is 190. The lowest BCUT2D eigenvalue weighted by atomic mass is 10.5. The summed E-state index contributed by atoms with van der Waals surface area (Å²) in [6.07, 6.45) is 0.799. The monoisotopic (exact) mass is 273 g/mol. The number of sulfonamides is 1. The molecule has 0 aromatic heterocycles. The molecule has 0 fully saturated rings. The van der Waals surface area contributed by atoms with Gasteiger partial charge in [-0.3, -0.25) is 0 Å². The first-order valence-corrected chi connectivity index (χ1v) is 7.01. The van der Waals surface area contributed by atoms with Crippen molar-refractivity contribution >= 4 is 26.0 Å².